The van der Waals surface area contributed by atoms with Gasteiger partial charge < -0.3 is 15.4 Å². The van der Waals surface area contributed by atoms with Gasteiger partial charge in [0.25, 0.3) is 0 Å². The van der Waals surface area contributed by atoms with Crippen LogP contribution in [0.5, 0.6) is 0 Å². The summed E-state index contributed by atoms with van der Waals surface area (Å²) in [6, 6.07) is 1.95. The molecule has 2 aromatic heterocycles. The fraction of sp³-hybridized carbons (Fsp3) is 0.462. The molecule has 0 atom stereocenters. The van der Waals surface area contributed by atoms with Crippen LogP contribution in [-0.2, 0) is 4.74 Å². The Hall–Kier alpha value is -1.95. The maximum Gasteiger partial charge on any atom is 0.222 e. The van der Waals surface area contributed by atoms with Crippen molar-refractivity contribution < 1.29 is 4.74 Å². The van der Waals surface area contributed by atoms with E-state index >= 15 is 0 Å². The van der Waals surface area contributed by atoms with Crippen LogP contribution >= 0.6 is 0 Å². The van der Waals surface area contributed by atoms with Gasteiger partial charge in [-0.05, 0) is 12.5 Å². The van der Waals surface area contributed by atoms with Crippen LogP contribution in [0.1, 0.15) is 6.42 Å². The first-order chi connectivity index (χ1) is 9.26. The lowest BCUT2D eigenvalue weighted by Crippen LogP contribution is -2.44. The van der Waals surface area contributed by atoms with E-state index in [1.807, 2.05) is 6.07 Å². The van der Waals surface area contributed by atoms with Crippen molar-refractivity contribution in [1.29, 1.82) is 0 Å². The highest BCUT2D eigenvalue weighted by Crippen LogP contribution is 2.40. The summed E-state index contributed by atoms with van der Waals surface area (Å²) in [6.07, 6.45) is 4.66. The second-order valence-corrected chi connectivity index (χ2v) is 5.46. The third-order valence-electron chi connectivity index (χ3n) is 4.05. The molecular weight excluding hydrogens is 242 g/mol. The Labute approximate surface area is 110 Å². The summed E-state index contributed by atoms with van der Waals surface area (Å²) < 4.78 is 5.36. The summed E-state index contributed by atoms with van der Waals surface area (Å²) in [7, 11) is 0. The summed E-state index contributed by atoms with van der Waals surface area (Å²) in [5.41, 5.74) is 6.94. The topological polar surface area (TPSA) is 77.2 Å². The fourth-order valence-corrected chi connectivity index (χ4v) is 2.96. The molecule has 2 aromatic rings. The SMILES string of the molecule is Nc1nc(N2CCC3(COC3)C2)c2ccncc2n1. The van der Waals surface area contributed by atoms with Gasteiger partial charge in [-0.15, -0.1) is 0 Å². The first kappa shape index (κ1) is 10.9. The zero-order valence-electron chi connectivity index (χ0n) is 10.5. The normalized spacial score (nSPS) is 20.9. The van der Waals surface area contributed by atoms with Crippen LogP contribution in [0.15, 0.2) is 18.5 Å². The van der Waals surface area contributed by atoms with Crippen LogP contribution in [0.4, 0.5) is 11.8 Å². The summed E-state index contributed by atoms with van der Waals surface area (Å²) in [5, 5.41) is 1.02. The van der Waals surface area contributed by atoms with Crippen LogP contribution in [0.3, 0.4) is 0 Å². The highest BCUT2D eigenvalue weighted by atomic mass is 16.5. The first-order valence-electron chi connectivity index (χ1n) is 6.46. The Morgan fingerprint density at radius 1 is 1.32 bits per heavy atom. The molecule has 0 radical (unpaired) electrons. The predicted octanol–water partition coefficient (Wildman–Crippen LogP) is 0.834. The van der Waals surface area contributed by atoms with Gasteiger partial charge in [0.15, 0.2) is 0 Å². The van der Waals surface area contributed by atoms with E-state index in [-0.39, 0.29) is 0 Å². The molecule has 0 bridgehead atoms. The number of pyridine rings is 1. The minimum Gasteiger partial charge on any atom is -0.380 e. The highest BCUT2D eigenvalue weighted by Gasteiger charge is 2.45. The predicted molar refractivity (Wildman–Crippen MR) is 71.8 cm³/mol. The number of fused-ring (bicyclic) bond motifs is 1. The summed E-state index contributed by atoms with van der Waals surface area (Å²) in [6.45, 7) is 3.71. The van der Waals surface area contributed by atoms with Crippen molar-refractivity contribution in [3.8, 4) is 0 Å². The minimum atomic E-state index is 0.307. The molecule has 2 fully saturated rings. The standard InChI is InChI=1S/C13H15N5O/c14-12-16-10-5-15-3-1-9(10)11(17-12)18-4-2-13(6-18)7-19-8-13/h1,3,5H,2,4,6-8H2,(H2,14,16,17). The van der Waals surface area contributed by atoms with Crippen molar-refractivity contribution >= 4 is 22.7 Å². The van der Waals surface area contributed by atoms with E-state index in [9.17, 15) is 0 Å². The van der Waals surface area contributed by atoms with E-state index in [1.54, 1.807) is 12.4 Å². The Balaban J connectivity index is 1.78. The van der Waals surface area contributed by atoms with Gasteiger partial charge in [0.05, 0.1) is 24.9 Å². The number of nitrogens with two attached hydrogens (primary N) is 1. The van der Waals surface area contributed by atoms with Crippen LogP contribution in [-0.4, -0.2) is 41.3 Å². The molecule has 4 rings (SSSR count). The molecule has 2 N–H and O–H groups in total. The van der Waals surface area contributed by atoms with E-state index < -0.39 is 0 Å². The average molecular weight is 257 g/mol. The van der Waals surface area contributed by atoms with Crippen molar-refractivity contribution in [2.24, 2.45) is 5.41 Å². The number of anilines is 2. The molecule has 19 heavy (non-hydrogen) atoms. The van der Waals surface area contributed by atoms with Gasteiger partial charge in [0.2, 0.25) is 5.95 Å². The van der Waals surface area contributed by atoms with Gasteiger partial charge in [-0.3, -0.25) is 4.98 Å². The maximum absolute atomic E-state index is 5.81. The molecule has 0 amide bonds. The second-order valence-electron chi connectivity index (χ2n) is 5.46. The van der Waals surface area contributed by atoms with Gasteiger partial charge in [0, 0.05) is 30.1 Å². The van der Waals surface area contributed by atoms with Gasteiger partial charge >= 0.3 is 0 Å². The fourth-order valence-electron chi connectivity index (χ4n) is 2.96. The largest absolute Gasteiger partial charge is 0.380 e. The third kappa shape index (κ3) is 1.63. The lowest BCUT2D eigenvalue weighted by Gasteiger charge is -2.37. The molecule has 6 heteroatoms. The molecule has 0 aromatic carbocycles. The minimum absolute atomic E-state index is 0.307. The van der Waals surface area contributed by atoms with Crippen LogP contribution in [0.2, 0.25) is 0 Å². The van der Waals surface area contributed by atoms with Crippen molar-refractivity contribution in [2.75, 3.05) is 36.9 Å². The summed E-state index contributed by atoms with van der Waals surface area (Å²) in [4.78, 5) is 15.1. The number of nitrogens with zero attached hydrogens (tertiary/aromatic N) is 4. The molecule has 2 aliphatic rings. The Kier molecular flexibility index (Phi) is 2.17. The van der Waals surface area contributed by atoms with E-state index in [1.165, 1.54) is 0 Å². The highest BCUT2D eigenvalue weighted by molar-refractivity contribution is 5.89. The van der Waals surface area contributed by atoms with Crippen molar-refractivity contribution in [3.63, 3.8) is 0 Å². The Morgan fingerprint density at radius 2 is 2.21 bits per heavy atom. The molecule has 0 saturated carbocycles. The van der Waals surface area contributed by atoms with Crippen molar-refractivity contribution in [1.82, 2.24) is 15.0 Å². The lowest BCUT2D eigenvalue weighted by atomic mass is 9.85. The van der Waals surface area contributed by atoms with Gasteiger partial charge in [-0.2, -0.15) is 4.98 Å². The quantitative estimate of drug-likeness (QED) is 0.815. The van der Waals surface area contributed by atoms with Crippen LogP contribution in [0, 0.1) is 5.41 Å². The number of nitrogen functional groups attached to an aromatic ring is 1. The molecule has 6 nitrogen and oxygen atoms in total. The summed E-state index contributed by atoms with van der Waals surface area (Å²) >= 11 is 0. The van der Waals surface area contributed by atoms with Gasteiger partial charge in [-0.25, -0.2) is 4.98 Å². The first-order valence-corrected chi connectivity index (χ1v) is 6.46. The molecule has 4 heterocycles. The number of ether oxygens (including phenoxy) is 1. The van der Waals surface area contributed by atoms with Crippen molar-refractivity contribution in [2.45, 2.75) is 6.42 Å². The Bertz CT molecular complexity index is 640. The second kappa shape index (κ2) is 3.77. The maximum atomic E-state index is 5.81. The van der Waals surface area contributed by atoms with Gasteiger partial charge in [0.1, 0.15) is 5.82 Å². The molecule has 2 aliphatic heterocycles. The van der Waals surface area contributed by atoms with E-state index in [2.05, 4.69) is 19.9 Å². The van der Waals surface area contributed by atoms with E-state index in [0.717, 1.165) is 49.4 Å². The lowest BCUT2D eigenvalue weighted by molar-refractivity contribution is -0.0985. The number of rotatable bonds is 1. The molecular formula is C13H15N5O. The van der Waals surface area contributed by atoms with Crippen LogP contribution in [0.25, 0.3) is 10.9 Å². The third-order valence-corrected chi connectivity index (χ3v) is 4.05. The number of hydrogen-bond acceptors (Lipinski definition) is 6. The molecule has 0 aliphatic carbocycles. The monoisotopic (exact) mass is 257 g/mol. The van der Waals surface area contributed by atoms with Crippen LogP contribution < -0.4 is 10.6 Å². The number of hydrogen-bond donors (Lipinski definition) is 1. The van der Waals surface area contributed by atoms with Gasteiger partial charge in [-0.1, -0.05) is 0 Å². The van der Waals surface area contributed by atoms with Crippen molar-refractivity contribution in [3.05, 3.63) is 18.5 Å². The van der Waals surface area contributed by atoms with E-state index in [0.29, 0.717) is 11.4 Å². The average Bonchev–Trinajstić information content (AvgIpc) is 2.83. The number of aromatic nitrogens is 3. The Morgan fingerprint density at radius 3 is 2.95 bits per heavy atom. The molecule has 98 valence electrons. The molecule has 2 saturated heterocycles. The molecule has 1 spiro atoms. The summed E-state index contributed by atoms with van der Waals surface area (Å²) in [5.74, 6) is 1.23. The zero-order valence-corrected chi connectivity index (χ0v) is 10.5. The molecule has 0 unspecified atom stereocenters. The smallest absolute Gasteiger partial charge is 0.222 e. The van der Waals surface area contributed by atoms with E-state index in [4.69, 9.17) is 10.5 Å². The zero-order chi connectivity index (χ0) is 12.9.